The third-order valence-electron chi connectivity index (χ3n) is 4.60. The van der Waals surface area contributed by atoms with Crippen LogP contribution in [0.25, 0.3) is 0 Å². The summed E-state index contributed by atoms with van der Waals surface area (Å²) in [5, 5.41) is 0. The molecule has 2 atom stereocenters. The maximum atomic E-state index is 12.9. The lowest BCUT2D eigenvalue weighted by Gasteiger charge is -2.25. The summed E-state index contributed by atoms with van der Waals surface area (Å²) in [7, 11) is -6.00. The summed E-state index contributed by atoms with van der Waals surface area (Å²) in [4.78, 5) is 0. The number of hydrogen-bond acceptors (Lipinski definition) is 6. The molecular formula is C19H42O6P2. The van der Waals surface area contributed by atoms with Crippen molar-refractivity contribution in [2.24, 2.45) is 0 Å². The minimum Gasteiger partial charge on any atom is -0.309 e. The molecule has 0 amide bonds. The molecule has 0 aromatic rings. The van der Waals surface area contributed by atoms with Crippen LogP contribution >= 0.6 is 15.2 Å². The molecule has 0 saturated heterocycles. The highest BCUT2D eigenvalue weighted by molar-refractivity contribution is 7.54. The van der Waals surface area contributed by atoms with Gasteiger partial charge in [-0.3, -0.25) is 9.13 Å². The van der Waals surface area contributed by atoms with Crippen molar-refractivity contribution in [2.45, 2.75) is 97.8 Å². The Morgan fingerprint density at radius 1 is 0.630 bits per heavy atom. The molecule has 0 heterocycles. The van der Waals surface area contributed by atoms with Crippen molar-refractivity contribution in [1.29, 1.82) is 0 Å². The van der Waals surface area contributed by atoms with E-state index in [4.69, 9.17) is 18.1 Å². The van der Waals surface area contributed by atoms with Gasteiger partial charge in [0.25, 0.3) is 0 Å². The molecule has 0 aliphatic rings. The quantitative estimate of drug-likeness (QED) is 0.172. The maximum Gasteiger partial charge on any atom is 0.333 e. The molecule has 27 heavy (non-hydrogen) atoms. The summed E-state index contributed by atoms with van der Waals surface area (Å²) in [5.41, 5.74) is -0.121. The van der Waals surface area contributed by atoms with Crippen molar-refractivity contribution < 1.29 is 27.2 Å². The summed E-state index contributed by atoms with van der Waals surface area (Å²) in [5.74, 6) is 0. The molecular weight excluding hydrogens is 386 g/mol. The number of hydrogen-bond donors (Lipinski definition) is 0. The van der Waals surface area contributed by atoms with Gasteiger partial charge in [-0.15, -0.1) is 0 Å². The molecule has 0 aromatic heterocycles. The Hall–Kier alpha value is 0.300. The summed E-state index contributed by atoms with van der Waals surface area (Å²) in [6.07, 6.45) is 6.54. The van der Waals surface area contributed by atoms with Gasteiger partial charge >= 0.3 is 15.2 Å². The second-order valence-corrected chi connectivity index (χ2v) is 11.5. The van der Waals surface area contributed by atoms with Gasteiger partial charge in [0.15, 0.2) is 0 Å². The van der Waals surface area contributed by atoms with Gasteiger partial charge in [0, 0.05) is 0 Å². The van der Waals surface area contributed by atoms with Crippen LogP contribution in [-0.2, 0) is 27.2 Å². The second-order valence-electron chi connectivity index (χ2n) is 6.65. The monoisotopic (exact) mass is 428 g/mol. The Labute approximate surface area is 167 Å². The van der Waals surface area contributed by atoms with Crippen LogP contribution in [0.3, 0.4) is 0 Å². The fraction of sp³-hybridized carbons (Fsp3) is 1.00. The molecule has 0 rings (SSSR count). The average molecular weight is 428 g/mol. The average Bonchev–Trinajstić information content (AvgIpc) is 2.61. The molecule has 0 bridgehead atoms. The molecule has 0 fully saturated rings. The van der Waals surface area contributed by atoms with Gasteiger partial charge in [-0.25, -0.2) is 0 Å². The van der Waals surface area contributed by atoms with E-state index < -0.39 is 15.2 Å². The zero-order chi connectivity index (χ0) is 20.8. The van der Waals surface area contributed by atoms with Crippen molar-refractivity contribution in [3.05, 3.63) is 0 Å². The number of unbranched alkanes of at least 4 members (excludes halogenated alkanes) is 3. The summed E-state index contributed by atoms with van der Waals surface area (Å²) >= 11 is 0. The summed E-state index contributed by atoms with van der Waals surface area (Å²) in [6, 6.07) is 0. The number of rotatable bonds is 18. The van der Waals surface area contributed by atoms with Crippen molar-refractivity contribution in [2.75, 3.05) is 26.4 Å². The maximum absolute atomic E-state index is 12.9. The molecule has 0 saturated carbocycles. The van der Waals surface area contributed by atoms with E-state index in [0.717, 1.165) is 44.9 Å². The SMILES string of the molecule is CCOP(=O)(OCC)C(C)CCCCCCC(CC)P(=O)(OCC)OCC. The second kappa shape index (κ2) is 15.2. The lowest BCUT2D eigenvalue weighted by atomic mass is 10.1. The van der Waals surface area contributed by atoms with Crippen LogP contribution in [0.2, 0.25) is 0 Å². The first kappa shape index (κ1) is 27.3. The first-order valence-corrected chi connectivity index (χ1v) is 13.8. The molecule has 0 N–H and O–H groups in total. The topological polar surface area (TPSA) is 71.1 Å². The molecule has 0 spiro atoms. The molecule has 0 radical (unpaired) electrons. The molecule has 164 valence electrons. The van der Waals surface area contributed by atoms with E-state index >= 15 is 0 Å². The van der Waals surface area contributed by atoms with Crippen LogP contribution in [0, 0.1) is 0 Å². The Bertz CT molecular complexity index is 437. The highest BCUT2D eigenvalue weighted by Crippen LogP contribution is 2.56. The minimum absolute atomic E-state index is 0.0348. The minimum atomic E-state index is -3.01. The van der Waals surface area contributed by atoms with Gasteiger partial charge in [-0.05, 0) is 47.0 Å². The van der Waals surface area contributed by atoms with Gasteiger partial charge in [0.2, 0.25) is 0 Å². The van der Waals surface area contributed by atoms with Crippen molar-refractivity contribution in [1.82, 2.24) is 0 Å². The summed E-state index contributed by atoms with van der Waals surface area (Å²) < 4.78 is 47.4. The van der Waals surface area contributed by atoms with Crippen LogP contribution in [-0.4, -0.2) is 37.7 Å². The van der Waals surface area contributed by atoms with Gasteiger partial charge in [0.1, 0.15) is 0 Å². The first-order valence-electron chi connectivity index (χ1n) is 10.6. The van der Waals surface area contributed by atoms with Crippen molar-refractivity contribution >= 4 is 15.2 Å². The molecule has 0 aromatic carbocycles. The van der Waals surface area contributed by atoms with Crippen LogP contribution < -0.4 is 0 Å². The van der Waals surface area contributed by atoms with Gasteiger partial charge in [0.05, 0.1) is 37.7 Å². The van der Waals surface area contributed by atoms with E-state index in [1.54, 1.807) is 0 Å². The van der Waals surface area contributed by atoms with E-state index in [-0.39, 0.29) is 11.3 Å². The molecule has 0 aliphatic heterocycles. The van der Waals surface area contributed by atoms with Crippen LogP contribution in [0.5, 0.6) is 0 Å². The van der Waals surface area contributed by atoms with E-state index in [9.17, 15) is 9.13 Å². The Morgan fingerprint density at radius 2 is 1.04 bits per heavy atom. The fourth-order valence-electron chi connectivity index (χ4n) is 3.18. The normalized spacial score (nSPS) is 15.0. The largest absolute Gasteiger partial charge is 0.333 e. The Kier molecular flexibility index (Phi) is 15.3. The lowest BCUT2D eigenvalue weighted by molar-refractivity contribution is 0.208. The summed E-state index contributed by atoms with van der Waals surface area (Å²) in [6.45, 7) is 13.0. The van der Waals surface area contributed by atoms with E-state index in [1.165, 1.54) is 0 Å². The smallest absolute Gasteiger partial charge is 0.309 e. The van der Waals surface area contributed by atoms with Gasteiger partial charge in [-0.2, -0.15) is 0 Å². The highest BCUT2D eigenvalue weighted by atomic mass is 31.2. The molecule has 6 nitrogen and oxygen atoms in total. The highest BCUT2D eigenvalue weighted by Gasteiger charge is 2.33. The standard InChI is InChI=1S/C19H42O6P2/c1-7-19(27(21,24-10-4)25-11-5)17-15-13-12-14-16-18(6)26(20,22-8-2)23-9-3/h18-19H,7-17H2,1-6H3. The van der Waals surface area contributed by atoms with E-state index in [2.05, 4.69) is 0 Å². The van der Waals surface area contributed by atoms with Crippen LogP contribution in [0.1, 0.15) is 86.5 Å². The van der Waals surface area contributed by atoms with Gasteiger partial charge < -0.3 is 18.1 Å². The third-order valence-corrected chi connectivity index (χ3v) is 9.93. The van der Waals surface area contributed by atoms with Crippen molar-refractivity contribution in [3.63, 3.8) is 0 Å². The first-order chi connectivity index (χ1) is 12.8. The van der Waals surface area contributed by atoms with Crippen LogP contribution in [0.15, 0.2) is 0 Å². The molecule has 0 aliphatic carbocycles. The fourth-order valence-corrected chi connectivity index (χ4v) is 7.14. The Morgan fingerprint density at radius 3 is 1.44 bits per heavy atom. The zero-order valence-electron chi connectivity index (χ0n) is 18.3. The third kappa shape index (κ3) is 10.1. The van der Waals surface area contributed by atoms with Crippen molar-refractivity contribution in [3.8, 4) is 0 Å². The lowest BCUT2D eigenvalue weighted by Crippen LogP contribution is -2.13. The van der Waals surface area contributed by atoms with E-state index in [0.29, 0.717) is 26.4 Å². The zero-order valence-corrected chi connectivity index (χ0v) is 20.1. The molecule has 2 unspecified atom stereocenters. The predicted octanol–water partition coefficient (Wildman–Crippen LogP) is 7.03. The van der Waals surface area contributed by atoms with E-state index in [1.807, 2.05) is 41.5 Å². The predicted molar refractivity (Wildman–Crippen MR) is 113 cm³/mol. The molecule has 8 heteroatoms. The van der Waals surface area contributed by atoms with Gasteiger partial charge in [-0.1, -0.05) is 39.5 Å². The van der Waals surface area contributed by atoms with Crippen LogP contribution in [0.4, 0.5) is 0 Å². The Balaban J connectivity index is 4.29.